The Morgan fingerprint density at radius 3 is 2.41 bits per heavy atom. The van der Waals surface area contributed by atoms with Crippen molar-refractivity contribution >= 4 is 6.03 Å². The van der Waals surface area contributed by atoms with E-state index in [1.165, 1.54) is 19.3 Å². The van der Waals surface area contributed by atoms with Crippen molar-refractivity contribution in [2.24, 2.45) is 5.92 Å². The van der Waals surface area contributed by atoms with Crippen LogP contribution in [0.1, 0.15) is 36.4 Å². The number of urea groups is 1. The van der Waals surface area contributed by atoms with Crippen molar-refractivity contribution < 1.29 is 4.79 Å². The molecular formula is C18H21N3O. The van der Waals surface area contributed by atoms with Gasteiger partial charge in [0.2, 0.25) is 0 Å². The number of carbonyl (C=O) groups excluding carboxylic acids is 1. The fourth-order valence-corrected chi connectivity index (χ4v) is 2.68. The lowest BCUT2D eigenvalue weighted by atomic mass is 9.85. The van der Waals surface area contributed by atoms with Crippen molar-refractivity contribution in [1.29, 1.82) is 0 Å². The van der Waals surface area contributed by atoms with Crippen LogP contribution in [0.2, 0.25) is 0 Å². The van der Waals surface area contributed by atoms with Crippen molar-refractivity contribution in [3.63, 3.8) is 0 Å². The highest BCUT2D eigenvalue weighted by molar-refractivity contribution is 5.75. The second-order valence-electron chi connectivity index (χ2n) is 5.78. The molecule has 1 aliphatic rings. The first-order valence-corrected chi connectivity index (χ1v) is 7.82. The topological polar surface area (TPSA) is 54.0 Å². The average Bonchev–Trinajstić information content (AvgIpc) is 2.53. The molecule has 2 amide bonds. The minimum absolute atomic E-state index is 0.113. The van der Waals surface area contributed by atoms with Gasteiger partial charge in [-0.05, 0) is 42.0 Å². The molecule has 3 rings (SSSR count). The standard InChI is InChI=1S/C18H21N3O/c22-18(20-13-14-5-4-6-14)21-17(15-7-2-1-3-8-15)16-9-11-19-12-10-16/h1-3,7-12,14,17H,4-6,13H2,(H2,20,21,22). The van der Waals surface area contributed by atoms with Crippen LogP contribution in [0.25, 0.3) is 0 Å². The summed E-state index contributed by atoms with van der Waals surface area (Å²) in [6, 6.07) is 13.6. The monoisotopic (exact) mass is 295 g/mol. The number of hydrogen-bond donors (Lipinski definition) is 2. The molecule has 1 fully saturated rings. The Kier molecular flexibility index (Phi) is 4.68. The summed E-state index contributed by atoms with van der Waals surface area (Å²) >= 11 is 0. The molecule has 2 N–H and O–H groups in total. The molecule has 1 aromatic heterocycles. The fraction of sp³-hybridized carbons (Fsp3) is 0.333. The predicted octanol–water partition coefficient (Wildman–Crippen LogP) is 3.27. The van der Waals surface area contributed by atoms with Gasteiger partial charge in [0.05, 0.1) is 6.04 Å². The first kappa shape index (κ1) is 14.6. The van der Waals surface area contributed by atoms with Crippen molar-refractivity contribution in [2.45, 2.75) is 25.3 Å². The molecular weight excluding hydrogens is 274 g/mol. The molecule has 1 atom stereocenters. The number of nitrogens with one attached hydrogen (secondary N) is 2. The number of pyridine rings is 1. The third kappa shape index (κ3) is 3.64. The maximum absolute atomic E-state index is 12.2. The largest absolute Gasteiger partial charge is 0.338 e. The summed E-state index contributed by atoms with van der Waals surface area (Å²) in [5.41, 5.74) is 2.09. The third-order valence-corrected chi connectivity index (χ3v) is 4.22. The van der Waals surface area contributed by atoms with Gasteiger partial charge >= 0.3 is 6.03 Å². The van der Waals surface area contributed by atoms with E-state index in [2.05, 4.69) is 15.6 Å². The summed E-state index contributed by atoms with van der Waals surface area (Å²) in [6.45, 7) is 0.768. The van der Waals surface area contributed by atoms with Gasteiger partial charge in [-0.25, -0.2) is 4.79 Å². The summed E-state index contributed by atoms with van der Waals surface area (Å²) in [6.07, 6.45) is 7.25. The first-order chi connectivity index (χ1) is 10.8. The highest BCUT2D eigenvalue weighted by Crippen LogP contribution is 2.25. The van der Waals surface area contributed by atoms with Gasteiger partial charge in [0, 0.05) is 18.9 Å². The minimum Gasteiger partial charge on any atom is -0.338 e. The Morgan fingerprint density at radius 1 is 1.09 bits per heavy atom. The van der Waals surface area contributed by atoms with Gasteiger partial charge in [-0.15, -0.1) is 0 Å². The predicted molar refractivity (Wildman–Crippen MR) is 86.4 cm³/mol. The normalized spacial score (nSPS) is 15.6. The van der Waals surface area contributed by atoms with E-state index >= 15 is 0 Å². The van der Waals surface area contributed by atoms with Crippen LogP contribution >= 0.6 is 0 Å². The Bertz CT molecular complexity index is 557. The molecule has 1 aliphatic carbocycles. The summed E-state index contributed by atoms with van der Waals surface area (Å²) in [5, 5.41) is 6.06. The van der Waals surface area contributed by atoms with E-state index in [1.807, 2.05) is 42.5 Å². The van der Waals surface area contributed by atoms with Gasteiger partial charge in [-0.3, -0.25) is 4.98 Å². The summed E-state index contributed by atoms with van der Waals surface area (Å²) in [5.74, 6) is 0.654. The molecule has 0 aliphatic heterocycles. The summed E-state index contributed by atoms with van der Waals surface area (Å²) < 4.78 is 0. The highest BCUT2D eigenvalue weighted by atomic mass is 16.2. The van der Waals surface area contributed by atoms with Gasteiger partial charge in [0.15, 0.2) is 0 Å². The first-order valence-electron chi connectivity index (χ1n) is 7.82. The number of rotatable bonds is 5. The van der Waals surface area contributed by atoms with E-state index < -0.39 is 0 Å². The van der Waals surface area contributed by atoms with Crippen LogP contribution in [0.5, 0.6) is 0 Å². The second-order valence-corrected chi connectivity index (χ2v) is 5.78. The molecule has 22 heavy (non-hydrogen) atoms. The van der Waals surface area contributed by atoms with Crippen molar-refractivity contribution in [1.82, 2.24) is 15.6 Å². The number of benzene rings is 1. The van der Waals surface area contributed by atoms with Gasteiger partial charge < -0.3 is 10.6 Å². The molecule has 2 aromatic rings. The van der Waals surface area contributed by atoms with Crippen LogP contribution in [0.3, 0.4) is 0 Å². The van der Waals surface area contributed by atoms with Crippen molar-refractivity contribution in [2.75, 3.05) is 6.54 Å². The van der Waals surface area contributed by atoms with Crippen LogP contribution in [-0.4, -0.2) is 17.6 Å². The van der Waals surface area contributed by atoms with E-state index in [0.717, 1.165) is 17.7 Å². The zero-order valence-corrected chi connectivity index (χ0v) is 12.5. The summed E-state index contributed by atoms with van der Waals surface area (Å²) in [7, 11) is 0. The fourth-order valence-electron chi connectivity index (χ4n) is 2.68. The Morgan fingerprint density at radius 2 is 1.77 bits per heavy atom. The second kappa shape index (κ2) is 7.07. The molecule has 4 heteroatoms. The number of carbonyl (C=O) groups is 1. The Balaban J connectivity index is 1.69. The smallest absolute Gasteiger partial charge is 0.315 e. The molecule has 4 nitrogen and oxygen atoms in total. The van der Waals surface area contributed by atoms with Crippen LogP contribution in [0.4, 0.5) is 4.79 Å². The lowest BCUT2D eigenvalue weighted by molar-refractivity contribution is 0.230. The molecule has 1 heterocycles. The molecule has 1 unspecified atom stereocenters. The number of hydrogen-bond acceptors (Lipinski definition) is 2. The zero-order chi connectivity index (χ0) is 15.2. The number of nitrogens with zero attached hydrogens (tertiary/aromatic N) is 1. The molecule has 0 radical (unpaired) electrons. The quantitative estimate of drug-likeness (QED) is 0.889. The lowest BCUT2D eigenvalue weighted by Gasteiger charge is -2.26. The SMILES string of the molecule is O=C(NCC1CCC1)NC(c1ccccc1)c1ccncc1. The highest BCUT2D eigenvalue weighted by Gasteiger charge is 2.20. The summed E-state index contributed by atoms with van der Waals surface area (Å²) in [4.78, 5) is 16.3. The van der Waals surface area contributed by atoms with E-state index in [0.29, 0.717) is 5.92 Å². The maximum Gasteiger partial charge on any atom is 0.315 e. The third-order valence-electron chi connectivity index (χ3n) is 4.22. The Labute approximate surface area is 131 Å². The van der Waals surface area contributed by atoms with Gasteiger partial charge in [0.25, 0.3) is 0 Å². The van der Waals surface area contributed by atoms with E-state index in [-0.39, 0.29) is 12.1 Å². The van der Waals surface area contributed by atoms with Crippen molar-refractivity contribution in [3.8, 4) is 0 Å². The van der Waals surface area contributed by atoms with Crippen molar-refractivity contribution in [3.05, 3.63) is 66.0 Å². The Hall–Kier alpha value is -2.36. The molecule has 1 aromatic carbocycles. The molecule has 0 saturated heterocycles. The van der Waals surface area contributed by atoms with Gasteiger partial charge in [-0.1, -0.05) is 36.8 Å². The zero-order valence-electron chi connectivity index (χ0n) is 12.5. The lowest BCUT2D eigenvalue weighted by Crippen LogP contribution is -2.41. The van der Waals surface area contributed by atoms with E-state index in [4.69, 9.17) is 0 Å². The van der Waals surface area contributed by atoms with Crippen LogP contribution in [-0.2, 0) is 0 Å². The minimum atomic E-state index is -0.161. The number of aromatic nitrogens is 1. The molecule has 1 saturated carbocycles. The molecule has 0 spiro atoms. The van der Waals surface area contributed by atoms with Crippen LogP contribution < -0.4 is 10.6 Å². The van der Waals surface area contributed by atoms with E-state index in [1.54, 1.807) is 12.4 Å². The molecule has 114 valence electrons. The molecule has 0 bridgehead atoms. The van der Waals surface area contributed by atoms with Gasteiger partial charge in [0.1, 0.15) is 0 Å². The van der Waals surface area contributed by atoms with Gasteiger partial charge in [-0.2, -0.15) is 0 Å². The van der Waals surface area contributed by atoms with E-state index in [9.17, 15) is 4.79 Å². The number of amides is 2. The van der Waals surface area contributed by atoms with Crippen LogP contribution in [0.15, 0.2) is 54.9 Å². The average molecular weight is 295 g/mol. The maximum atomic E-state index is 12.2. The van der Waals surface area contributed by atoms with Crippen LogP contribution in [0, 0.1) is 5.92 Å².